The van der Waals surface area contributed by atoms with Crippen LogP contribution in [0.4, 0.5) is 0 Å². The maximum Gasteiger partial charge on any atom is 0.0209 e. The number of rotatable bonds is 7. The molecule has 1 aliphatic rings. The molecular formula is C13H28N2. The predicted molar refractivity (Wildman–Crippen MR) is 67.3 cm³/mol. The van der Waals surface area contributed by atoms with Crippen LogP contribution in [0.2, 0.25) is 0 Å². The van der Waals surface area contributed by atoms with Gasteiger partial charge in [0.2, 0.25) is 0 Å². The van der Waals surface area contributed by atoms with Gasteiger partial charge in [0.25, 0.3) is 0 Å². The minimum absolute atomic E-state index is 0.707. The van der Waals surface area contributed by atoms with Crippen LogP contribution in [0.5, 0.6) is 0 Å². The second-order valence-corrected chi connectivity index (χ2v) is 5.16. The van der Waals surface area contributed by atoms with Gasteiger partial charge in [-0.05, 0) is 33.4 Å². The molecule has 1 rings (SSSR count). The molecule has 1 heterocycles. The van der Waals surface area contributed by atoms with Gasteiger partial charge in [-0.15, -0.1) is 0 Å². The van der Waals surface area contributed by atoms with Crippen molar-refractivity contribution in [2.24, 2.45) is 0 Å². The van der Waals surface area contributed by atoms with Gasteiger partial charge in [0.15, 0.2) is 0 Å². The zero-order chi connectivity index (χ0) is 11.1. The van der Waals surface area contributed by atoms with Crippen molar-refractivity contribution in [2.45, 2.75) is 64.5 Å². The van der Waals surface area contributed by atoms with Crippen molar-refractivity contribution < 1.29 is 0 Å². The Hall–Kier alpha value is -0.0800. The van der Waals surface area contributed by atoms with Crippen LogP contribution in [-0.4, -0.2) is 37.1 Å². The first-order chi connectivity index (χ1) is 7.22. The van der Waals surface area contributed by atoms with Crippen molar-refractivity contribution in [1.82, 2.24) is 10.2 Å². The molecule has 2 atom stereocenters. The largest absolute Gasteiger partial charge is 0.310 e. The Labute approximate surface area is 95.4 Å². The topological polar surface area (TPSA) is 15.3 Å². The average molecular weight is 212 g/mol. The minimum Gasteiger partial charge on any atom is -0.310 e. The number of unbranched alkanes of at least 4 members (excludes halogenated alkanes) is 3. The van der Waals surface area contributed by atoms with Crippen LogP contribution in [0.15, 0.2) is 0 Å². The number of nitrogens with zero attached hydrogens (tertiary/aromatic N) is 1. The molecule has 1 N–H and O–H groups in total. The van der Waals surface area contributed by atoms with Gasteiger partial charge in [-0.2, -0.15) is 0 Å². The van der Waals surface area contributed by atoms with E-state index in [2.05, 4.69) is 31.1 Å². The van der Waals surface area contributed by atoms with Gasteiger partial charge in [-0.25, -0.2) is 0 Å². The standard InChI is InChI=1S/C13H28N2/c1-4-5-6-7-8-12(2)14-13-9-10-15(3)11-13/h12-14H,4-11H2,1-3H3/t12-,13+/m1/s1. The molecule has 2 heteroatoms. The van der Waals surface area contributed by atoms with Gasteiger partial charge in [0.1, 0.15) is 0 Å². The van der Waals surface area contributed by atoms with Gasteiger partial charge in [0.05, 0.1) is 0 Å². The smallest absolute Gasteiger partial charge is 0.0209 e. The van der Waals surface area contributed by atoms with Crippen molar-refractivity contribution in [1.29, 1.82) is 0 Å². The third kappa shape index (κ3) is 5.53. The molecule has 2 nitrogen and oxygen atoms in total. The summed E-state index contributed by atoms with van der Waals surface area (Å²) in [6.07, 6.45) is 8.22. The molecule has 0 radical (unpaired) electrons. The number of likely N-dealkylation sites (N-methyl/N-ethyl adjacent to an activating group) is 1. The third-order valence-corrected chi connectivity index (χ3v) is 3.40. The van der Waals surface area contributed by atoms with Crippen molar-refractivity contribution in [3.63, 3.8) is 0 Å². The highest BCUT2D eigenvalue weighted by atomic mass is 15.2. The molecule has 0 aromatic heterocycles. The Balaban J connectivity index is 2.00. The summed E-state index contributed by atoms with van der Waals surface area (Å²) in [4.78, 5) is 2.42. The van der Waals surface area contributed by atoms with E-state index >= 15 is 0 Å². The fourth-order valence-corrected chi connectivity index (χ4v) is 2.43. The van der Waals surface area contributed by atoms with Gasteiger partial charge < -0.3 is 10.2 Å². The van der Waals surface area contributed by atoms with Gasteiger partial charge >= 0.3 is 0 Å². The van der Waals surface area contributed by atoms with Crippen LogP contribution in [0, 0.1) is 0 Å². The van der Waals surface area contributed by atoms with E-state index in [0.717, 1.165) is 6.04 Å². The number of hydrogen-bond donors (Lipinski definition) is 1. The molecule has 0 aromatic carbocycles. The maximum atomic E-state index is 3.74. The highest BCUT2D eigenvalue weighted by Gasteiger charge is 2.20. The van der Waals surface area contributed by atoms with Crippen LogP contribution in [0.3, 0.4) is 0 Å². The molecule has 1 saturated heterocycles. The first-order valence-electron chi connectivity index (χ1n) is 6.67. The summed E-state index contributed by atoms with van der Waals surface area (Å²) in [7, 11) is 2.22. The fourth-order valence-electron chi connectivity index (χ4n) is 2.43. The Morgan fingerprint density at radius 1 is 1.33 bits per heavy atom. The summed E-state index contributed by atoms with van der Waals surface area (Å²) in [6.45, 7) is 7.11. The fraction of sp³-hybridized carbons (Fsp3) is 1.00. The Morgan fingerprint density at radius 2 is 2.13 bits per heavy atom. The molecule has 90 valence electrons. The van der Waals surface area contributed by atoms with Crippen LogP contribution >= 0.6 is 0 Å². The highest BCUT2D eigenvalue weighted by Crippen LogP contribution is 2.10. The first kappa shape index (κ1) is 13.0. The Morgan fingerprint density at radius 3 is 2.73 bits per heavy atom. The molecule has 0 aliphatic carbocycles. The van der Waals surface area contributed by atoms with Gasteiger partial charge in [-0.1, -0.05) is 32.6 Å². The Bertz CT molecular complexity index is 159. The molecule has 0 saturated carbocycles. The van der Waals surface area contributed by atoms with Crippen LogP contribution < -0.4 is 5.32 Å². The molecule has 0 bridgehead atoms. The normalized spacial score (nSPS) is 24.6. The third-order valence-electron chi connectivity index (χ3n) is 3.40. The summed E-state index contributed by atoms with van der Waals surface area (Å²) in [5, 5.41) is 3.74. The Kier molecular flexibility index (Phi) is 6.26. The van der Waals surface area contributed by atoms with E-state index in [-0.39, 0.29) is 0 Å². The highest BCUT2D eigenvalue weighted by molar-refractivity contribution is 4.80. The van der Waals surface area contributed by atoms with Crippen LogP contribution in [0.25, 0.3) is 0 Å². The lowest BCUT2D eigenvalue weighted by Gasteiger charge is -2.19. The SMILES string of the molecule is CCCCCC[C@@H](C)N[C@H]1CCN(C)C1. The van der Waals surface area contributed by atoms with Crippen molar-refractivity contribution in [2.75, 3.05) is 20.1 Å². The summed E-state index contributed by atoms with van der Waals surface area (Å²) in [5.74, 6) is 0. The maximum absolute atomic E-state index is 3.74. The van der Waals surface area contributed by atoms with E-state index in [0.29, 0.717) is 6.04 Å². The van der Waals surface area contributed by atoms with E-state index in [1.54, 1.807) is 0 Å². The summed E-state index contributed by atoms with van der Waals surface area (Å²) in [6, 6.07) is 1.45. The van der Waals surface area contributed by atoms with Crippen LogP contribution in [0.1, 0.15) is 52.4 Å². The monoisotopic (exact) mass is 212 g/mol. The first-order valence-corrected chi connectivity index (χ1v) is 6.67. The summed E-state index contributed by atoms with van der Waals surface area (Å²) < 4.78 is 0. The molecule has 0 amide bonds. The van der Waals surface area contributed by atoms with E-state index in [4.69, 9.17) is 0 Å². The van der Waals surface area contributed by atoms with E-state index in [9.17, 15) is 0 Å². The van der Waals surface area contributed by atoms with Crippen molar-refractivity contribution in [3.8, 4) is 0 Å². The van der Waals surface area contributed by atoms with Crippen LogP contribution in [-0.2, 0) is 0 Å². The lowest BCUT2D eigenvalue weighted by Crippen LogP contribution is -2.38. The number of hydrogen-bond acceptors (Lipinski definition) is 2. The quantitative estimate of drug-likeness (QED) is 0.653. The molecule has 15 heavy (non-hydrogen) atoms. The second kappa shape index (κ2) is 7.24. The van der Waals surface area contributed by atoms with E-state index in [1.807, 2.05) is 0 Å². The van der Waals surface area contributed by atoms with Crippen molar-refractivity contribution in [3.05, 3.63) is 0 Å². The minimum atomic E-state index is 0.707. The zero-order valence-electron chi connectivity index (χ0n) is 10.8. The van der Waals surface area contributed by atoms with Crippen molar-refractivity contribution >= 4 is 0 Å². The summed E-state index contributed by atoms with van der Waals surface area (Å²) in [5.41, 5.74) is 0. The number of nitrogens with one attached hydrogen (secondary N) is 1. The zero-order valence-corrected chi connectivity index (χ0v) is 10.8. The van der Waals surface area contributed by atoms with Gasteiger partial charge in [0, 0.05) is 18.6 Å². The molecule has 0 unspecified atom stereocenters. The lowest BCUT2D eigenvalue weighted by atomic mass is 10.1. The van der Waals surface area contributed by atoms with E-state index < -0.39 is 0 Å². The second-order valence-electron chi connectivity index (χ2n) is 5.16. The van der Waals surface area contributed by atoms with Gasteiger partial charge in [-0.3, -0.25) is 0 Å². The lowest BCUT2D eigenvalue weighted by molar-refractivity contribution is 0.376. The molecule has 1 aliphatic heterocycles. The van der Waals surface area contributed by atoms with E-state index in [1.165, 1.54) is 51.6 Å². The summed E-state index contributed by atoms with van der Waals surface area (Å²) >= 11 is 0. The molecular weight excluding hydrogens is 184 g/mol. The number of likely N-dealkylation sites (tertiary alicyclic amines) is 1. The molecule has 1 fully saturated rings. The predicted octanol–water partition coefficient (Wildman–Crippen LogP) is 2.64. The average Bonchev–Trinajstić information content (AvgIpc) is 2.59. The molecule has 0 spiro atoms. The molecule has 0 aromatic rings.